The normalized spacial score (nSPS) is 19.7. The summed E-state index contributed by atoms with van der Waals surface area (Å²) in [6.07, 6.45) is 3.11. The number of amides is 2. The Kier molecular flexibility index (Phi) is 9.28. The van der Waals surface area contributed by atoms with E-state index in [2.05, 4.69) is 33.1 Å². The zero-order valence-corrected chi connectivity index (χ0v) is 16.6. The van der Waals surface area contributed by atoms with E-state index in [1.54, 1.807) is 12.3 Å². The van der Waals surface area contributed by atoms with E-state index in [0.29, 0.717) is 11.9 Å². The number of H-pyrrole nitrogens is 1. The molecule has 1 saturated heterocycles. The maximum absolute atomic E-state index is 12.7. The van der Waals surface area contributed by atoms with E-state index in [1.807, 2.05) is 30.3 Å². The predicted molar refractivity (Wildman–Crippen MR) is 109 cm³/mol. The first kappa shape index (κ1) is 23.0. The maximum atomic E-state index is 12.7. The van der Waals surface area contributed by atoms with Crippen molar-refractivity contribution in [1.82, 2.24) is 20.8 Å². The van der Waals surface area contributed by atoms with Crippen LogP contribution in [-0.4, -0.2) is 34.6 Å². The predicted octanol–water partition coefficient (Wildman–Crippen LogP) is 2.44. The van der Waals surface area contributed by atoms with E-state index in [9.17, 15) is 9.59 Å². The molecular weight excluding hydrogens is 389 g/mol. The van der Waals surface area contributed by atoms with Crippen LogP contribution in [0.25, 0.3) is 0 Å². The molecule has 4 N–H and O–H groups in total. The minimum atomic E-state index is -0.748. The molecule has 0 aliphatic carbocycles. The summed E-state index contributed by atoms with van der Waals surface area (Å²) in [6.45, 7) is 2.88. The number of anilines is 1. The maximum Gasteiger partial charge on any atom is 0.252 e. The summed E-state index contributed by atoms with van der Waals surface area (Å²) in [5.41, 5.74) is 0.745. The number of aromatic nitrogens is 2. The van der Waals surface area contributed by atoms with Gasteiger partial charge in [0.25, 0.3) is 5.91 Å². The van der Waals surface area contributed by atoms with Crippen LogP contribution in [0.2, 0.25) is 0 Å². The number of hydrogen-bond acceptors (Lipinski definition) is 4. The number of benzene rings is 1. The highest BCUT2D eigenvalue weighted by molar-refractivity contribution is 5.97. The van der Waals surface area contributed by atoms with Crippen molar-refractivity contribution in [2.24, 2.45) is 5.92 Å². The lowest BCUT2D eigenvalue weighted by Crippen LogP contribution is -2.45. The molecule has 0 bridgehead atoms. The Balaban J connectivity index is 0.00000182. The molecule has 2 amide bonds. The molecule has 1 fully saturated rings. The Morgan fingerprint density at radius 2 is 1.93 bits per heavy atom. The van der Waals surface area contributed by atoms with Gasteiger partial charge in [-0.1, -0.05) is 30.3 Å². The van der Waals surface area contributed by atoms with Crippen LogP contribution in [0.5, 0.6) is 0 Å². The van der Waals surface area contributed by atoms with Gasteiger partial charge >= 0.3 is 0 Å². The fourth-order valence-electron chi connectivity index (χ4n) is 3.11. The number of nitrogens with one attached hydrogen (secondary N) is 4. The molecule has 1 aromatic carbocycles. The third-order valence-corrected chi connectivity index (χ3v) is 4.43. The molecule has 1 aliphatic rings. The SMILES string of the molecule is C[C@H]1C[C@@H](C(=O)NC(C(=O)Nc2ccn[nH]2)c2ccccc2)CCN1.Cl.Cl. The van der Waals surface area contributed by atoms with Gasteiger partial charge in [-0.15, -0.1) is 24.8 Å². The number of carbonyl (C=O) groups excluding carboxylic acids is 2. The smallest absolute Gasteiger partial charge is 0.252 e. The average molecular weight is 414 g/mol. The summed E-state index contributed by atoms with van der Waals surface area (Å²) in [6, 6.07) is 10.5. The van der Waals surface area contributed by atoms with Crippen LogP contribution < -0.4 is 16.0 Å². The second-order valence-electron chi connectivity index (χ2n) is 6.39. The first-order valence-electron chi connectivity index (χ1n) is 8.52. The van der Waals surface area contributed by atoms with Crippen LogP contribution in [-0.2, 0) is 9.59 Å². The van der Waals surface area contributed by atoms with Crippen LogP contribution in [0, 0.1) is 5.92 Å². The van der Waals surface area contributed by atoms with Crippen molar-refractivity contribution >= 4 is 42.4 Å². The molecule has 1 aromatic heterocycles. The Bertz CT molecular complexity index is 712. The van der Waals surface area contributed by atoms with Gasteiger partial charge < -0.3 is 16.0 Å². The molecular formula is C18H25Cl2N5O2. The highest BCUT2D eigenvalue weighted by Gasteiger charge is 2.29. The number of piperidine rings is 1. The first-order valence-corrected chi connectivity index (χ1v) is 8.52. The molecule has 3 rings (SSSR count). The summed E-state index contributed by atoms with van der Waals surface area (Å²) in [4.78, 5) is 25.4. The number of halogens is 2. The number of aromatic amines is 1. The van der Waals surface area contributed by atoms with Crippen molar-refractivity contribution in [3.8, 4) is 0 Å². The quantitative estimate of drug-likeness (QED) is 0.604. The van der Waals surface area contributed by atoms with Gasteiger partial charge in [0, 0.05) is 18.0 Å². The van der Waals surface area contributed by atoms with Crippen molar-refractivity contribution in [3.05, 3.63) is 48.2 Å². The van der Waals surface area contributed by atoms with Crippen LogP contribution in [0.1, 0.15) is 31.4 Å². The highest BCUT2D eigenvalue weighted by atomic mass is 35.5. The van der Waals surface area contributed by atoms with Gasteiger partial charge in [0.1, 0.15) is 11.9 Å². The van der Waals surface area contributed by atoms with Gasteiger partial charge in [-0.2, -0.15) is 5.10 Å². The molecule has 7 nitrogen and oxygen atoms in total. The monoisotopic (exact) mass is 413 g/mol. The van der Waals surface area contributed by atoms with Gasteiger partial charge in [0.2, 0.25) is 5.91 Å². The molecule has 0 saturated carbocycles. The number of rotatable bonds is 5. The molecule has 2 aromatic rings. The molecule has 1 aliphatic heterocycles. The minimum Gasteiger partial charge on any atom is -0.340 e. The van der Waals surface area contributed by atoms with Crippen LogP contribution in [0.4, 0.5) is 5.82 Å². The van der Waals surface area contributed by atoms with Gasteiger partial charge in [-0.05, 0) is 31.9 Å². The first-order chi connectivity index (χ1) is 12.1. The second-order valence-corrected chi connectivity index (χ2v) is 6.39. The lowest BCUT2D eigenvalue weighted by molar-refractivity contribution is -0.130. The van der Waals surface area contributed by atoms with Crippen molar-refractivity contribution in [3.63, 3.8) is 0 Å². The number of hydrogen-bond donors (Lipinski definition) is 4. The average Bonchev–Trinajstić information content (AvgIpc) is 3.13. The number of nitrogens with zero attached hydrogens (tertiary/aromatic N) is 1. The third-order valence-electron chi connectivity index (χ3n) is 4.43. The molecule has 3 atom stereocenters. The summed E-state index contributed by atoms with van der Waals surface area (Å²) in [5, 5.41) is 15.5. The van der Waals surface area contributed by atoms with Gasteiger partial charge in [-0.3, -0.25) is 14.7 Å². The van der Waals surface area contributed by atoms with Gasteiger partial charge in [0.15, 0.2) is 0 Å². The van der Waals surface area contributed by atoms with E-state index in [1.165, 1.54) is 0 Å². The summed E-state index contributed by atoms with van der Waals surface area (Å²) in [7, 11) is 0. The van der Waals surface area contributed by atoms with E-state index < -0.39 is 6.04 Å². The second kappa shape index (κ2) is 10.9. The Labute approximate surface area is 170 Å². The van der Waals surface area contributed by atoms with E-state index >= 15 is 0 Å². The Morgan fingerprint density at radius 1 is 1.19 bits per heavy atom. The topological polar surface area (TPSA) is 98.9 Å². The molecule has 0 radical (unpaired) electrons. The van der Waals surface area contributed by atoms with E-state index in [4.69, 9.17) is 0 Å². The fraction of sp³-hybridized carbons (Fsp3) is 0.389. The van der Waals surface area contributed by atoms with Crippen LogP contribution in [0.3, 0.4) is 0 Å². The van der Waals surface area contributed by atoms with Gasteiger partial charge in [-0.25, -0.2) is 0 Å². The lowest BCUT2D eigenvalue weighted by atomic mass is 9.92. The van der Waals surface area contributed by atoms with Crippen molar-refractivity contribution < 1.29 is 9.59 Å². The molecule has 9 heteroatoms. The molecule has 148 valence electrons. The summed E-state index contributed by atoms with van der Waals surface area (Å²) >= 11 is 0. The molecule has 1 unspecified atom stereocenters. The Hall–Kier alpha value is -2.09. The van der Waals surface area contributed by atoms with Crippen molar-refractivity contribution in [2.75, 3.05) is 11.9 Å². The molecule has 2 heterocycles. The van der Waals surface area contributed by atoms with Crippen molar-refractivity contribution in [1.29, 1.82) is 0 Å². The minimum absolute atomic E-state index is 0. The van der Waals surface area contributed by atoms with E-state index in [0.717, 1.165) is 24.9 Å². The summed E-state index contributed by atoms with van der Waals surface area (Å²) < 4.78 is 0. The zero-order valence-electron chi connectivity index (χ0n) is 15.0. The standard InChI is InChI=1S/C18H23N5O2.2ClH/c1-12-11-14(7-9-19-12)17(24)22-16(13-5-3-2-4-6-13)18(25)21-15-8-10-20-23-15;;/h2-6,8,10,12,14,16,19H,7,9,11H2,1H3,(H,22,24)(H2,20,21,23,25);2*1H/t12-,14-,16?;;/m0../s1. The van der Waals surface area contributed by atoms with Crippen LogP contribution in [0.15, 0.2) is 42.6 Å². The third kappa shape index (κ3) is 6.23. The molecule has 27 heavy (non-hydrogen) atoms. The summed E-state index contributed by atoms with van der Waals surface area (Å²) in [5.74, 6) is 0.0332. The van der Waals surface area contributed by atoms with E-state index in [-0.39, 0.29) is 42.5 Å². The molecule has 0 spiro atoms. The highest BCUT2D eigenvalue weighted by Crippen LogP contribution is 2.20. The Morgan fingerprint density at radius 3 is 2.56 bits per heavy atom. The van der Waals surface area contributed by atoms with Gasteiger partial charge in [0.05, 0.1) is 6.20 Å². The lowest BCUT2D eigenvalue weighted by Gasteiger charge is -2.28. The van der Waals surface area contributed by atoms with Crippen molar-refractivity contribution in [2.45, 2.75) is 31.8 Å². The number of carbonyl (C=O) groups is 2. The zero-order chi connectivity index (χ0) is 17.6. The fourth-order valence-corrected chi connectivity index (χ4v) is 3.11. The largest absolute Gasteiger partial charge is 0.340 e. The van der Waals surface area contributed by atoms with Crippen LogP contribution >= 0.6 is 24.8 Å².